The quantitative estimate of drug-likeness (QED) is 0.893. The van der Waals surface area contributed by atoms with Crippen LogP contribution in [0.25, 0.3) is 0 Å². The van der Waals surface area contributed by atoms with Crippen molar-refractivity contribution in [2.75, 3.05) is 14.2 Å². The molecule has 0 radical (unpaired) electrons. The number of rotatable bonds is 5. The highest BCUT2D eigenvalue weighted by Gasteiger charge is 2.15. The Kier molecular flexibility index (Phi) is 4.53. The minimum atomic E-state index is 0.221. The molecule has 1 atom stereocenters. The van der Waals surface area contributed by atoms with Crippen LogP contribution in [0, 0.1) is 6.92 Å². The fourth-order valence-corrected chi connectivity index (χ4v) is 2.25. The molecule has 1 heterocycles. The van der Waals surface area contributed by atoms with E-state index in [2.05, 4.69) is 35.4 Å². The number of nitrogens with one attached hydrogen (secondary N) is 1. The highest BCUT2D eigenvalue weighted by molar-refractivity contribution is 5.39. The molecule has 0 aliphatic carbocycles. The third-order valence-corrected chi connectivity index (χ3v) is 3.27. The molecule has 0 spiro atoms. The lowest BCUT2D eigenvalue weighted by atomic mass is 9.97. The lowest BCUT2D eigenvalue weighted by Crippen LogP contribution is -2.19. The molecular formula is C16H20N2O. The Morgan fingerprint density at radius 3 is 2.79 bits per heavy atom. The summed E-state index contributed by atoms with van der Waals surface area (Å²) in [4.78, 5) is 4.17. The van der Waals surface area contributed by atoms with E-state index in [-0.39, 0.29) is 6.04 Å². The standard InChI is InChI=1S/C16H20N2O/c1-12-6-7-16(19-3)14(9-12)15(17-2)10-13-5-4-8-18-11-13/h4-9,11,15,17H,10H2,1-3H3. The normalized spacial score (nSPS) is 12.2. The zero-order chi connectivity index (χ0) is 13.7. The van der Waals surface area contributed by atoms with E-state index in [9.17, 15) is 0 Å². The van der Waals surface area contributed by atoms with E-state index in [1.54, 1.807) is 13.3 Å². The monoisotopic (exact) mass is 256 g/mol. The first-order valence-electron chi connectivity index (χ1n) is 6.45. The molecule has 100 valence electrons. The number of aromatic nitrogens is 1. The number of likely N-dealkylation sites (N-methyl/N-ethyl adjacent to an activating group) is 1. The smallest absolute Gasteiger partial charge is 0.123 e. The van der Waals surface area contributed by atoms with Gasteiger partial charge >= 0.3 is 0 Å². The molecule has 1 unspecified atom stereocenters. The third kappa shape index (κ3) is 3.32. The van der Waals surface area contributed by atoms with Crippen LogP contribution in [0.2, 0.25) is 0 Å². The van der Waals surface area contributed by atoms with Gasteiger partial charge in [-0.1, -0.05) is 23.8 Å². The van der Waals surface area contributed by atoms with Crippen molar-refractivity contribution in [3.63, 3.8) is 0 Å². The average molecular weight is 256 g/mol. The Bertz CT molecular complexity index is 526. The van der Waals surface area contributed by atoms with Gasteiger partial charge in [0.15, 0.2) is 0 Å². The Labute approximate surface area is 114 Å². The van der Waals surface area contributed by atoms with E-state index < -0.39 is 0 Å². The van der Waals surface area contributed by atoms with Gasteiger partial charge in [-0.2, -0.15) is 0 Å². The summed E-state index contributed by atoms with van der Waals surface area (Å²) in [6, 6.07) is 10.6. The molecule has 0 bridgehead atoms. The molecule has 3 heteroatoms. The predicted octanol–water partition coefficient (Wildman–Crippen LogP) is 2.90. The molecular weight excluding hydrogens is 236 g/mol. The van der Waals surface area contributed by atoms with Crippen molar-refractivity contribution in [3.8, 4) is 5.75 Å². The summed E-state index contributed by atoms with van der Waals surface area (Å²) >= 11 is 0. The fraction of sp³-hybridized carbons (Fsp3) is 0.312. The molecule has 0 fully saturated rings. The van der Waals surface area contributed by atoms with E-state index in [4.69, 9.17) is 4.74 Å². The van der Waals surface area contributed by atoms with Gasteiger partial charge in [0.1, 0.15) is 5.75 Å². The summed E-state index contributed by atoms with van der Waals surface area (Å²) in [5.41, 5.74) is 3.64. The van der Waals surface area contributed by atoms with Crippen molar-refractivity contribution in [2.45, 2.75) is 19.4 Å². The number of hydrogen-bond acceptors (Lipinski definition) is 3. The van der Waals surface area contributed by atoms with Crippen molar-refractivity contribution in [1.29, 1.82) is 0 Å². The van der Waals surface area contributed by atoms with E-state index in [1.807, 2.05) is 25.4 Å². The van der Waals surface area contributed by atoms with Crippen molar-refractivity contribution >= 4 is 0 Å². The van der Waals surface area contributed by atoms with Gasteiger partial charge < -0.3 is 10.1 Å². The van der Waals surface area contributed by atoms with E-state index in [0.29, 0.717) is 0 Å². The number of pyridine rings is 1. The highest BCUT2D eigenvalue weighted by atomic mass is 16.5. The zero-order valence-electron chi connectivity index (χ0n) is 11.7. The summed E-state index contributed by atoms with van der Waals surface area (Å²) in [6.07, 6.45) is 4.60. The second-order valence-corrected chi connectivity index (χ2v) is 4.65. The van der Waals surface area contributed by atoms with Crippen LogP contribution in [0.1, 0.15) is 22.7 Å². The van der Waals surface area contributed by atoms with Gasteiger partial charge in [0.25, 0.3) is 0 Å². The van der Waals surface area contributed by atoms with Crippen molar-refractivity contribution < 1.29 is 4.74 Å². The Balaban J connectivity index is 2.29. The minimum Gasteiger partial charge on any atom is -0.496 e. The van der Waals surface area contributed by atoms with Crippen LogP contribution in [0.3, 0.4) is 0 Å². The molecule has 2 rings (SSSR count). The average Bonchev–Trinajstić information content (AvgIpc) is 2.46. The van der Waals surface area contributed by atoms with Crippen LogP contribution in [0.5, 0.6) is 5.75 Å². The van der Waals surface area contributed by atoms with E-state index in [1.165, 1.54) is 16.7 Å². The molecule has 0 saturated heterocycles. The van der Waals surface area contributed by atoms with Crippen LogP contribution in [-0.4, -0.2) is 19.1 Å². The maximum Gasteiger partial charge on any atom is 0.123 e. The third-order valence-electron chi connectivity index (χ3n) is 3.27. The lowest BCUT2D eigenvalue weighted by Gasteiger charge is -2.20. The second-order valence-electron chi connectivity index (χ2n) is 4.65. The number of aryl methyl sites for hydroxylation is 1. The molecule has 0 aliphatic heterocycles. The largest absolute Gasteiger partial charge is 0.496 e. The van der Waals surface area contributed by atoms with E-state index >= 15 is 0 Å². The number of nitrogens with zero attached hydrogens (tertiary/aromatic N) is 1. The molecule has 3 nitrogen and oxygen atoms in total. The summed E-state index contributed by atoms with van der Waals surface area (Å²) in [5.74, 6) is 0.925. The SMILES string of the molecule is CNC(Cc1cccnc1)c1cc(C)ccc1OC. The first kappa shape index (κ1) is 13.6. The summed E-state index contributed by atoms with van der Waals surface area (Å²) in [7, 11) is 3.69. The van der Waals surface area contributed by atoms with Gasteiger partial charge in [-0.05, 0) is 38.1 Å². The predicted molar refractivity (Wildman–Crippen MR) is 77.5 cm³/mol. The molecule has 1 N–H and O–H groups in total. The van der Waals surface area contributed by atoms with E-state index in [0.717, 1.165) is 12.2 Å². The molecule has 0 saturated carbocycles. The molecule has 1 aromatic carbocycles. The van der Waals surface area contributed by atoms with Crippen LogP contribution in [0.15, 0.2) is 42.7 Å². The van der Waals surface area contributed by atoms with Gasteiger partial charge in [0.2, 0.25) is 0 Å². The van der Waals surface area contributed by atoms with Crippen molar-refractivity contribution in [1.82, 2.24) is 10.3 Å². The fourth-order valence-electron chi connectivity index (χ4n) is 2.25. The minimum absolute atomic E-state index is 0.221. The molecule has 19 heavy (non-hydrogen) atoms. The molecule has 2 aromatic rings. The maximum atomic E-state index is 5.47. The number of hydrogen-bond donors (Lipinski definition) is 1. The summed E-state index contributed by atoms with van der Waals surface area (Å²) in [6.45, 7) is 2.10. The van der Waals surface area contributed by atoms with Gasteiger partial charge in [-0.25, -0.2) is 0 Å². The topological polar surface area (TPSA) is 34.2 Å². The highest BCUT2D eigenvalue weighted by Crippen LogP contribution is 2.28. The van der Waals surface area contributed by atoms with Crippen molar-refractivity contribution in [3.05, 3.63) is 59.4 Å². The summed E-state index contributed by atoms with van der Waals surface area (Å²) in [5, 5.41) is 3.36. The summed E-state index contributed by atoms with van der Waals surface area (Å²) < 4.78 is 5.47. The molecule has 0 aliphatic rings. The lowest BCUT2D eigenvalue weighted by molar-refractivity contribution is 0.401. The first-order chi connectivity index (χ1) is 9.24. The van der Waals surface area contributed by atoms with Crippen LogP contribution in [0.4, 0.5) is 0 Å². The zero-order valence-corrected chi connectivity index (χ0v) is 11.7. The van der Waals surface area contributed by atoms with Crippen LogP contribution in [-0.2, 0) is 6.42 Å². The Hall–Kier alpha value is -1.87. The number of methoxy groups -OCH3 is 1. The Morgan fingerprint density at radius 2 is 2.16 bits per heavy atom. The van der Waals surface area contributed by atoms with Gasteiger partial charge in [-0.3, -0.25) is 4.98 Å². The van der Waals surface area contributed by atoms with Crippen LogP contribution < -0.4 is 10.1 Å². The number of ether oxygens (including phenoxy) is 1. The van der Waals surface area contributed by atoms with Gasteiger partial charge in [-0.15, -0.1) is 0 Å². The van der Waals surface area contributed by atoms with Crippen LogP contribution >= 0.6 is 0 Å². The second kappa shape index (κ2) is 6.34. The number of benzene rings is 1. The first-order valence-corrected chi connectivity index (χ1v) is 6.45. The van der Waals surface area contributed by atoms with Gasteiger partial charge in [0, 0.05) is 24.0 Å². The maximum absolute atomic E-state index is 5.47. The molecule has 1 aromatic heterocycles. The molecule has 0 amide bonds. The van der Waals surface area contributed by atoms with Crippen molar-refractivity contribution in [2.24, 2.45) is 0 Å². The Morgan fingerprint density at radius 1 is 1.32 bits per heavy atom. The van der Waals surface area contributed by atoms with Gasteiger partial charge in [0.05, 0.1) is 7.11 Å².